The van der Waals surface area contributed by atoms with Crippen LogP contribution in [0.25, 0.3) is 0 Å². The van der Waals surface area contributed by atoms with E-state index in [0.29, 0.717) is 24.4 Å². The molecule has 0 spiro atoms. The van der Waals surface area contributed by atoms with Gasteiger partial charge in [0.1, 0.15) is 6.10 Å². The van der Waals surface area contributed by atoms with Gasteiger partial charge in [0.15, 0.2) is 11.5 Å². The number of esters is 1. The fraction of sp³-hybridized carbons (Fsp3) is 0.800. The molecule has 0 aliphatic heterocycles. The summed E-state index contributed by atoms with van der Waals surface area (Å²) in [6.45, 7) is 4.72. The van der Waals surface area contributed by atoms with Gasteiger partial charge in [-0.1, -0.05) is 32.6 Å². The number of carbonyl (C=O) groups excluding carboxylic acids is 1. The van der Waals surface area contributed by atoms with Crippen LogP contribution in [0, 0.1) is 53.1 Å². The maximum Gasteiger partial charge on any atom is 0.309 e. The largest absolute Gasteiger partial charge is 0.491 e. The van der Waals surface area contributed by atoms with Gasteiger partial charge in [-0.05, 0) is 132 Å². The van der Waals surface area contributed by atoms with Gasteiger partial charge in [-0.2, -0.15) is 8.78 Å². The standard InChI is InChI=1S/C35H52F2O4/c1-3-5-23-6-9-25(10-7-23)26-12-14-27(15-13-26)35(38)41-30-17-16-28-20-24(8-11-29(28)21-30)22-40-32-19-18-31(39-4-2)33(36)34(32)37/h18-19,23-30H,3-17,20-22H2,1-2H3. The quantitative estimate of drug-likeness (QED) is 0.261. The minimum atomic E-state index is -0.987. The zero-order chi connectivity index (χ0) is 28.8. The molecule has 41 heavy (non-hydrogen) atoms. The highest BCUT2D eigenvalue weighted by atomic mass is 19.2. The molecule has 4 aliphatic carbocycles. The van der Waals surface area contributed by atoms with Gasteiger partial charge in [-0.25, -0.2) is 0 Å². The second-order valence-electron chi connectivity index (χ2n) is 13.7. The number of hydrogen-bond acceptors (Lipinski definition) is 4. The van der Waals surface area contributed by atoms with E-state index in [9.17, 15) is 13.6 Å². The summed E-state index contributed by atoms with van der Waals surface area (Å²) in [5, 5.41) is 0. The van der Waals surface area contributed by atoms with E-state index < -0.39 is 11.6 Å². The first-order valence-electron chi connectivity index (χ1n) is 16.9. The highest BCUT2D eigenvalue weighted by Gasteiger charge is 2.39. The number of hydrogen-bond donors (Lipinski definition) is 0. The molecule has 4 nitrogen and oxygen atoms in total. The summed E-state index contributed by atoms with van der Waals surface area (Å²) in [7, 11) is 0. The van der Waals surface area contributed by atoms with Gasteiger partial charge in [0.25, 0.3) is 0 Å². The molecule has 6 heteroatoms. The van der Waals surface area contributed by atoms with Gasteiger partial charge < -0.3 is 14.2 Å². The number of rotatable bonds is 10. The Morgan fingerprint density at radius 1 is 0.707 bits per heavy atom. The van der Waals surface area contributed by atoms with Crippen molar-refractivity contribution >= 4 is 5.97 Å². The molecule has 4 fully saturated rings. The minimum Gasteiger partial charge on any atom is -0.491 e. The summed E-state index contributed by atoms with van der Waals surface area (Å²) >= 11 is 0. The second-order valence-corrected chi connectivity index (χ2v) is 13.7. The van der Waals surface area contributed by atoms with Crippen molar-refractivity contribution in [3.05, 3.63) is 23.8 Å². The molecule has 230 valence electrons. The Balaban J connectivity index is 1.01. The Kier molecular flexibility index (Phi) is 10.9. The summed E-state index contributed by atoms with van der Waals surface area (Å²) in [5.41, 5.74) is 0. The average Bonchev–Trinajstić information content (AvgIpc) is 3.00. The second kappa shape index (κ2) is 14.6. The predicted octanol–water partition coefficient (Wildman–Crippen LogP) is 9.28. The number of carbonyl (C=O) groups is 1. The molecule has 0 amide bonds. The molecule has 5 rings (SSSR count). The van der Waals surface area contributed by atoms with Gasteiger partial charge >= 0.3 is 5.97 Å². The summed E-state index contributed by atoms with van der Waals surface area (Å²) in [5.74, 6) is 2.24. The highest BCUT2D eigenvalue weighted by Crippen LogP contribution is 2.45. The third-order valence-corrected chi connectivity index (χ3v) is 11.1. The van der Waals surface area contributed by atoms with Crippen LogP contribution >= 0.6 is 0 Å². The van der Waals surface area contributed by atoms with Crippen molar-refractivity contribution < 1.29 is 27.8 Å². The van der Waals surface area contributed by atoms with Gasteiger partial charge in [0, 0.05) is 0 Å². The van der Waals surface area contributed by atoms with Crippen LogP contribution < -0.4 is 9.47 Å². The van der Waals surface area contributed by atoms with Crippen molar-refractivity contribution in [2.75, 3.05) is 13.2 Å². The van der Waals surface area contributed by atoms with Crippen LogP contribution in [0.2, 0.25) is 0 Å². The van der Waals surface area contributed by atoms with Crippen molar-refractivity contribution in [2.45, 2.75) is 123 Å². The zero-order valence-electron chi connectivity index (χ0n) is 25.4. The van der Waals surface area contributed by atoms with E-state index in [2.05, 4.69) is 6.92 Å². The Morgan fingerprint density at radius 2 is 1.27 bits per heavy atom. The van der Waals surface area contributed by atoms with Gasteiger partial charge in [0.2, 0.25) is 11.6 Å². The summed E-state index contributed by atoms with van der Waals surface area (Å²) in [4.78, 5) is 13.1. The first-order valence-corrected chi connectivity index (χ1v) is 16.9. The van der Waals surface area contributed by atoms with Crippen molar-refractivity contribution in [1.29, 1.82) is 0 Å². The fourth-order valence-corrected chi connectivity index (χ4v) is 8.75. The molecular weight excluding hydrogens is 522 g/mol. The summed E-state index contributed by atoms with van der Waals surface area (Å²) < 4.78 is 45.6. The van der Waals surface area contributed by atoms with E-state index in [1.54, 1.807) is 6.92 Å². The molecule has 0 N–H and O–H groups in total. The van der Waals surface area contributed by atoms with E-state index in [-0.39, 0.29) is 36.1 Å². The maximum absolute atomic E-state index is 14.4. The fourth-order valence-electron chi connectivity index (χ4n) is 8.75. The average molecular weight is 575 g/mol. The van der Waals surface area contributed by atoms with E-state index in [0.717, 1.165) is 69.1 Å². The van der Waals surface area contributed by atoms with Gasteiger partial charge in [-0.3, -0.25) is 4.79 Å². The predicted molar refractivity (Wildman–Crippen MR) is 157 cm³/mol. The molecule has 1 aromatic carbocycles. The molecule has 4 saturated carbocycles. The van der Waals surface area contributed by atoms with E-state index >= 15 is 0 Å². The van der Waals surface area contributed by atoms with Crippen LogP contribution in [-0.4, -0.2) is 25.3 Å². The van der Waals surface area contributed by atoms with Crippen LogP contribution in [-0.2, 0) is 9.53 Å². The lowest BCUT2D eigenvalue weighted by Crippen LogP contribution is -2.37. The smallest absolute Gasteiger partial charge is 0.309 e. The SMILES string of the molecule is CCCC1CCC(C2CCC(C(=O)OC3CCC4CC(COc5ccc(OCC)c(F)c5F)CCC4C3)CC2)CC1. The van der Waals surface area contributed by atoms with Crippen molar-refractivity contribution in [2.24, 2.45) is 41.4 Å². The number of benzene rings is 1. The molecular formula is C35H52F2O4. The Bertz CT molecular complexity index is 983. The van der Waals surface area contributed by atoms with Crippen LogP contribution in [0.3, 0.4) is 0 Å². The molecule has 0 aromatic heterocycles. The Hall–Kier alpha value is -1.85. The topological polar surface area (TPSA) is 44.8 Å². The lowest BCUT2D eigenvalue weighted by molar-refractivity contribution is -0.159. The van der Waals surface area contributed by atoms with E-state index in [1.165, 1.54) is 63.5 Å². The van der Waals surface area contributed by atoms with Crippen molar-refractivity contribution in [3.8, 4) is 11.5 Å². The Labute approximate surface area is 246 Å². The van der Waals surface area contributed by atoms with Crippen molar-refractivity contribution in [1.82, 2.24) is 0 Å². The van der Waals surface area contributed by atoms with Crippen LogP contribution in [0.15, 0.2) is 12.1 Å². The third-order valence-electron chi connectivity index (χ3n) is 11.1. The first kappa shape index (κ1) is 30.6. The number of fused-ring (bicyclic) bond motifs is 1. The van der Waals surface area contributed by atoms with Gasteiger partial charge in [-0.15, -0.1) is 0 Å². The molecule has 4 atom stereocenters. The van der Waals surface area contributed by atoms with E-state index in [1.807, 2.05) is 0 Å². The normalized spacial score (nSPS) is 34.0. The van der Waals surface area contributed by atoms with Crippen molar-refractivity contribution in [3.63, 3.8) is 0 Å². The molecule has 4 aliphatic rings. The molecule has 0 saturated heterocycles. The van der Waals surface area contributed by atoms with Crippen LogP contribution in [0.5, 0.6) is 11.5 Å². The molecule has 4 unspecified atom stereocenters. The monoisotopic (exact) mass is 574 g/mol. The number of halogens is 2. The Morgan fingerprint density at radius 3 is 1.93 bits per heavy atom. The first-order chi connectivity index (χ1) is 19.9. The van der Waals surface area contributed by atoms with Crippen LogP contribution in [0.1, 0.15) is 117 Å². The highest BCUT2D eigenvalue weighted by molar-refractivity contribution is 5.72. The molecule has 0 radical (unpaired) electrons. The zero-order valence-corrected chi connectivity index (χ0v) is 25.4. The minimum absolute atomic E-state index is 0.0444. The molecule has 0 bridgehead atoms. The molecule has 0 heterocycles. The lowest BCUT2D eigenvalue weighted by atomic mass is 9.67. The molecule has 1 aromatic rings. The summed E-state index contributed by atoms with van der Waals surface area (Å²) in [6.07, 6.45) is 18.9. The van der Waals surface area contributed by atoms with Crippen LogP contribution in [0.4, 0.5) is 8.78 Å². The lowest BCUT2D eigenvalue weighted by Gasteiger charge is -2.42. The summed E-state index contributed by atoms with van der Waals surface area (Å²) in [6, 6.07) is 2.89. The van der Waals surface area contributed by atoms with Gasteiger partial charge in [0.05, 0.1) is 19.1 Å². The van der Waals surface area contributed by atoms with E-state index in [4.69, 9.17) is 14.2 Å². The number of ether oxygens (including phenoxy) is 3. The maximum atomic E-state index is 14.4. The third kappa shape index (κ3) is 7.76.